The summed E-state index contributed by atoms with van der Waals surface area (Å²) in [6.45, 7) is -0.321. The highest BCUT2D eigenvalue weighted by Crippen LogP contribution is 2.20. The first-order valence-electron chi connectivity index (χ1n) is 8.67. The van der Waals surface area contributed by atoms with E-state index in [1.807, 2.05) is 24.3 Å². The quantitative estimate of drug-likeness (QED) is 0.448. The van der Waals surface area contributed by atoms with Crippen LogP contribution in [0.3, 0.4) is 0 Å². The number of nitrogens with one attached hydrogen (secondary N) is 1. The van der Waals surface area contributed by atoms with Crippen LogP contribution in [0.1, 0.15) is 32.6 Å². The molecule has 3 rings (SSSR count). The molecule has 1 aromatic heterocycles. The predicted octanol–water partition coefficient (Wildman–Crippen LogP) is 2.25. The van der Waals surface area contributed by atoms with Crippen molar-refractivity contribution in [2.45, 2.75) is 11.2 Å². The summed E-state index contributed by atoms with van der Waals surface area (Å²) in [5, 5.41) is 21.2. The van der Waals surface area contributed by atoms with Crippen LogP contribution in [-0.4, -0.2) is 43.9 Å². The zero-order valence-electron chi connectivity index (χ0n) is 15.3. The lowest BCUT2D eigenvalue weighted by Gasteiger charge is -2.15. The molecule has 144 valence electrons. The Hall–Kier alpha value is -2.97. The van der Waals surface area contributed by atoms with Crippen LogP contribution >= 0.6 is 11.8 Å². The van der Waals surface area contributed by atoms with E-state index in [1.165, 1.54) is 11.8 Å². The van der Waals surface area contributed by atoms with Gasteiger partial charge in [0.05, 0.1) is 12.4 Å². The van der Waals surface area contributed by atoms with E-state index < -0.39 is 6.04 Å². The molecule has 0 aliphatic rings. The van der Waals surface area contributed by atoms with Gasteiger partial charge in [0.25, 0.3) is 5.91 Å². The molecule has 0 aliphatic carbocycles. The minimum absolute atomic E-state index is 0.00811. The van der Waals surface area contributed by atoms with E-state index in [-0.39, 0.29) is 24.1 Å². The maximum Gasteiger partial charge on any atom is 0.251 e. The molecular formula is C20H20N4O3S. The number of carbonyl (C=O) groups excluding carboxylic acids is 2. The summed E-state index contributed by atoms with van der Waals surface area (Å²) >= 11 is 1.26. The number of nitrogens with zero attached hydrogens (tertiary/aromatic N) is 3. The van der Waals surface area contributed by atoms with Crippen LogP contribution in [0.2, 0.25) is 0 Å². The molecule has 0 spiro atoms. The Balaban J connectivity index is 1.67. The maximum absolute atomic E-state index is 12.3. The Morgan fingerprint density at radius 3 is 2.25 bits per heavy atom. The molecule has 0 radical (unpaired) electrons. The number of carbonyl (C=O) groups is 2. The molecule has 0 aliphatic heterocycles. The average Bonchev–Trinajstić information content (AvgIpc) is 3.11. The lowest BCUT2D eigenvalue weighted by atomic mass is 10.2. The fourth-order valence-corrected chi connectivity index (χ4v) is 3.43. The summed E-state index contributed by atoms with van der Waals surface area (Å²) in [5.41, 5.74) is 1.13. The summed E-state index contributed by atoms with van der Waals surface area (Å²) in [4.78, 5) is 24.6. The zero-order chi connectivity index (χ0) is 19.9. The van der Waals surface area contributed by atoms with Crippen LogP contribution < -0.4 is 5.32 Å². The molecule has 2 N–H and O–H groups in total. The Bertz CT molecular complexity index is 945. The molecule has 1 heterocycles. The first-order chi connectivity index (χ1) is 13.6. The number of thioether (sulfide) groups is 1. The second kappa shape index (κ2) is 9.29. The highest BCUT2D eigenvalue weighted by atomic mass is 32.2. The Morgan fingerprint density at radius 2 is 1.64 bits per heavy atom. The van der Waals surface area contributed by atoms with Gasteiger partial charge in [-0.25, -0.2) is 0 Å². The topological polar surface area (TPSA) is 97.1 Å². The average molecular weight is 396 g/mol. The van der Waals surface area contributed by atoms with Crippen molar-refractivity contribution in [1.82, 2.24) is 20.1 Å². The van der Waals surface area contributed by atoms with Crippen LogP contribution in [0.5, 0.6) is 0 Å². The normalized spacial score (nSPS) is 11.8. The van der Waals surface area contributed by atoms with Crippen molar-refractivity contribution in [3.8, 4) is 0 Å². The fourth-order valence-electron chi connectivity index (χ4n) is 2.62. The molecule has 3 aromatic rings. The van der Waals surface area contributed by atoms with Crippen LogP contribution in [0.15, 0.2) is 65.8 Å². The summed E-state index contributed by atoms with van der Waals surface area (Å²) in [6.07, 6.45) is 0. The van der Waals surface area contributed by atoms with Crippen molar-refractivity contribution in [1.29, 1.82) is 0 Å². The molecule has 0 saturated heterocycles. The van der Waals surface area contributed by atoms with Gasteiger partial charge in [0.2, 0.25) is 0 Å². The van der Waals surface area contributed by atoms with Gasteiger partial charge >= 0.3 is 0 Å². The number of hydrogen-bond donors (Lipinski definition) is 2. The molecule has 2 aromatic carbocycles. The number of amides is 1. The fraction of sp³-hybridized carbons (Fsp3) is 0.200. The number of hydrogen-bond acceptors (Lipinski definition) is 6. The van der Waals surface area contributed by atoms with Crippen molar-refractivity contribution in [3.05, 3.63) is 77.6 Å². The van der Waals surface area contributed by atoms with E-state index in [1.54, 1.807) is 48.0 Å². The number of ketones is 1. The predicted molar refractivity (Wildman–Crippen MR) is 106 cm³/mol. The second-order valence-electron chi connectivity index (χ2n) is 6.05. The van der Waals surface area contributed by atoms with Crippen molar-refractivity contribution in [2.24, 2.45) is 7.05 Å². The number of rotatable bonds is 8. The highest BCUT2D eigenvalue weighted by molar-refractivity contribution is 7.99. The number of aliphatic hydroxyl groups is 1. The number of Topliss-reactive ketones (excluding diaryl/α,β-unsaturated/α-hetero) is 1. The molecule has 1 amide bonds. The van der Waals surface area contributed by atoms with E-state index in [0.29, 0.717) is 22.1 Å². The first-order valence-corrected chi connectivity index (χ1v) is 9.66. The summed E-state index contributed by atoms with van der Waals surface area (Å²) in [6, 6.07) is 17.1. The number of aliphatic hydroxyl groups excluding tert-OH is 1. The molecule has 0 bridgehead atoms. The van der Waals surface area contributed by atoms with E-state index >= 15 is 0 Å². The van der Waals surface area contributed by atoms with Crippen molar-refractivity contribution < 1.29 is 14.7 Å². The molecule has 0 saturated carbocycles. The first kappa shape index (κ1) is 19.8. The third-order valence-electron chi connectivity index (χ3n) is 4.13. The minimum Gasteiger partial charge on any atom is -0.394 e. The van der Waals surface area contributed by atoms with E-state index in [2.05, 4.69) is 15.5 Å². The molecule has 1 atom stereocenters. The van der Waals surface area contributed by atoms with E-state index in [0.717, 1.165) is 0 Å². The van der Waals surface area contributed by atoms with Crippen LogP contribution in [-0.2, 0) is 7.05 Å². The molecule has 0 fully saturated rings. The van der Waals surface area contributed by atoms with Gasteiger partial charge in [-0.3, -0.25) is 9.59 Å². The Kier molecular flexibility index (Phi) is 6.57. The summed E-state index contributed by atoms with van der Waals surface area (Å²) in [7, 11) is 1.74. The third-order valence-corrected chi connectivity index (χ3v) is 5.15. The van der Waals surface area contributed by atoms with E-state index in [4.69, 9.17) is 0 Å². The van der Waals surface area contributed by atoms with Gasteiger partial charge in [-0.2, -0.15) is 0 Å². The van der Waals surface area contributed by atoms with Gasteiger partial charge in [0.1, 0.15) is 6.04 Å². The van der Waals surface area contributed by atoms with Gasteiger partial charge in [-0.05, 0) is 12.1 Å². The largest absolute Gasteiger partial charge is 0.394 e. The van der Waals surface area contributed by atoms with Crippen LogP contribution in [0.25, 0.3) is 0 Å². The summed E-state index contributed by atoms with van der Waals surface area (Å²) in [5.74, 6) is 0.319. The Morgan fingerprint density at radius 1 is 1.04 bits per heavy atom. The van der Waals surface area contributed by atoms with Crippen molar-refractivity contribution >= 4 is 23.5 Å². The lowest BCUT2D eigenvalue weighted by Crippen LogP contribution is -2.32. The SMILES string of the molecule is Cn1c(SCC(=O)c2ccccc2)nnc1C(CO)NC(=O)c1ccccc1. The molecule has 1 unspecified atom stereocenters. The molecule has 28 heavy (non-hydrogen) atoms. The maximum atomic E-state index is 12.3. The zero-order valence-corrected chi connectivity index (χ0v) is 16.1. The summed E-state index contributed by atoms with van der Waals surface area (Å²) < 4.78 is 1.68. The van der Waals surface area contributed by atoms with Crippen molar-refractivity contribution in [3.63, 3.8) is 0 Å². The van der Waals surface area contributed by atoms with Gasteiger partial charge < -0.3 is 15.0 Å². The van der Waals surface area contributed by atoms with Gasteiger partial charge in [-0.1, -0.05) is 60.3 Å². The molecule has 8 heteroatoms. The van der Waals surface area contributed by atoms with Gasteiger partial charge in [-0.15, -0.1) is 10.2 Å². The van der Waals surface area contributed by atoms with Crippen LogP contribution in [0, 0.1) is 0 Å². The number of aromatic nitrogens is 3. The van der Waals surface area contributed by atoms with Gasteiger partial charge in [0.15, 0.2) is 16.8 Å². The third kappa shape index (κ3) is 4.65. The second-order valence-corrected chi connectivity index (χ2v) is 6.99. The monoisotopic (exact) mass is 396 g/mol. The van der Waals surface area contributed by atoms with Crippen LogP contribution in [0.4, 0.5) is 0 Å². The highest BCUT2D eigenvalue weighted by Gasteiger charge is 2.22. The molecule has 7 nitrogen and oxygen atoms in total. The lowest BCUT2D eigenvalue weighted by molar-refractivity contribution is 0.0911. The smallest absolute Gasteiger partial charge is 0.251 e. The Labute approximate surface area is 166 Å². The van der Waals surface area contributed by atoms with Gasteiger partial charge in [0, 0.05) is 18.2 Å². The van der Waals surface area contributed by atoms with E-state index in [9.17, 15) is 14.7 Å². The number of benzene rings is 2. The minimum atomic E-state index is -0.704. The standard InChI is InChI=1S/C20H20N4O3S/c1-24-18(16(12-25)21-19(27)15-10-6-3-7-11-15)22-23-20(24)28-13-17(26)14-8-4-2-5-9-14/h2-11,16,25H,12-13H2,1H3,(H,21,27). The van der Waals surface area contributed by atoms with Crippen molar-refractivity contribution in [2.75, 3.05) is 12.4 Å². The molecular weight excluding hydrogens is 376 g/mol.